The van der Waals surface area contributed by atoms with E-state index < -0.39 is 0 Å². The van der Waals surface area contributed by atoms with E-state index in [0.29, 0.717) is 15.9 Å². The van der Waals surface area contributed by atoms with Gasteiger partial charge in [0.05, 0.1) is 5.02 Å². The lowest BCUT2D eigenvalue weighted by molar-refractivity contribution is 0.886. The summed E-state index contributed by atoms with van der Waals surface area (Å²) in [5.41, 5.74) is 2.87. The summed E-state index contributed by atoms with van der Waals surface area (Å²) >= 11 is 14.1. The summed E-state index contributed by atoms with van der Waals surface area (Å²) < 4.78 is 2.01. The van der Waals surface area contributed by atoms with Gasteiger partial charge in [-0.3, -0.25) is 9.55 Å². The third kappa shape index (κ3) is 4.00. The molecule has 0 fully saturated rings. The topological polar surface area (TPSA) is 43.6 Å². The number of pyridine rings is 1. The predicted octanol–water partition coefficient (Wildman–Crippen LogP) is 5.93. The quantitative estimate of drug-likeness (QED) is 0.381. The lowest BCUT2D eigenvalue weighted by atomic mass is 10.2. The van der Waals surface area contributed by atoms with Crippen molar-refractivity contribution in [1.82, 2.24) is 19.7 Å². The molecule has 4 nitrogen and oxygen atoms in total. The van der Waals surface area contributed by atoms with E-state index in [1.165, 1.54) is 0 Å². The summed E-state index contributed by atoms with van der Waals surface area (Å²) in [6, 6.07) is 19.3. The molecule has 0 aliphatic carbocycles. The third-order valence-electron chi connectivity index (χ3n) is 3.91. The molecule has 0 N–H and O–H groups in total. The monoisotopic (exact) mass is 412 g/mol. The number of nitrogens with zero attached hydrogens (tertiary/aromatic N) is 4. The van der Waals surface area contributed by atoms with Gasteiger partial charge in [-0.05, 0) is 42.0 Å². The van der Waals surface area contributed by atoms with E-state index in [1.807, 2.05) is 59.3 Å². The van der Waals surface area contributed by atoms with Crippen LogP contribution in [-0.4, -0.2) is 19.7 Å². The normalized spacial score (nSPS) is 10.9. The number of thioether (sulfide) groups is 1. The summed E-state index contributed by atoms with van der Waals surface area (Å²) in [6.45, 7) is 0. The fourth-order valence-corrected chi connectivity index (χ4v) is 4.03. The molecule has 0 saturated heterocycles. The van der Waals surface area contributed by atoms with Crippen LogP contribution in [0, 0.1) is 0 Å². The second kappa shape index (κ2) is 8.13. The molecular formula is C20H14Cl2N4S. The van der Waals surface area contributed by atoms with E-state index in [0.717, 1.165) is 27.7 Å². The largest absolute Gasteiger partial charge is 0.270 e. The van der Waals surface area contributed by atoms with Crippen molar-refractivity contribution in [3.8, 4) is 17.1 Å². The van der Waals surface area contributed by atoms with Gasteiger partial charge >= 0.3 is 0 Å². The molecule has 0 radical (unpaired) electrons. The van der Waals surface area contributed by atoms with Crippen LogP contribution >= 0.6 is 35.0 Å². The van der Waals surface area contributed by atoms with Crippen molar-refractivity contribution >= 4 is 35.0 Å². The first-order valence-electron chi connectivity index (χ1n) is 8.20. The number of hydrogen-bond acceptors (Lipinski definition) is 4. The van der Waals surface area contributed by atoms with Gasteiger partial charge in [-0.25, -0.2) is 0 Å². The zero-order chi connectivity index (χ0) is 18.6. The Hall–Kier alpha value is -2.34. The molecule has 0 atom stereocenters. The van der Waals surface area contributed by atoms with E-state index in [4.69, 9.17) is 23.2 Å². The Morgan fingerprint density at radius 2 is 1.78 bits per heavy atom. The van der Waals surface area contributed by atoms with Crippen molar-refractivity contribution in [3.63, 3.8) is 0 Å². The first kappa shape index (κ1) is 18.0. The second-order valence-electron chi connectivity index (χ2n) is 5.75. The Morgan fingerprint density at radius 3 is 2.52 bits per heavy atom. The van der Waals surface area contributed by atoms with Crippen molar-refractivity contribution in [1.29, 1.82) is 0 Å². The van der Waals surface area contributed by atoms with E-state index in [2.05, 4.69) is 15.2 Å². The standard InChI is InChI=1S/C20H14Cl2N4S/c21-15-8-9-17(18(22)11-15)19-24-25-20(26(19)16-6-2-1-3-7-16)27-13-14-5-4-10-23-12-14/h1-12H,13H2. The highest BCUT2D eigenvalue weighted by Crippen LogP contribution is 2.34. The summed E-state index contributed by atoms with van der Waals surface area (Å²) in [5, 5.41) is 10.7. The Kier molecular flexibility index (Phi) is 5.43. The molecule has 134 valence electrons. The molecule has 0 saturated carbocycles. The van der Waals surface area contributed by atoms with Crippen LogP contribution in [0.25, 0.3) is 17.1 Å². The summed E-state index contributed by atoms with van der Waals surface area (Å²) in [7, 11) is 0. The number of halogens is 2. The molecule has 2 heterocycles. The van der Waals surface area contributed by atoms with Crippen LogP contribution in [-0.2, 0) is 5.75 Å². The minimum Gasteiger partial charge on any atom is -0.270 e. The van der Waals surface area contributed by atoms with E-state index in [9.17, 15) is 0 Å². The molecule has 2 aromatic heterocycles. The highest BCUT2D eigenvalue weighted by molar-refractivity contribution is 7.98. The Balaban J connectivity index is 1.77. The molecule has 0 bridgehead atoms. The number of para-hydroxylation sites is 1. The average molecular weight is 413 g/mol. The van der Waals surface area contributed by atoms with Crippen LogP contribution < -0.4 is 0 Å². The highest BCUT2D eigenvalue weighted by atomic mass is 35.5. The minimum atomic E-state index is 0.538. The molecule has 0 unspecified atom stereocenters. The van der Waals surface area contributed by atoms with Crippen LogP contribution in [0.2, 0.25) is 10.0 Å². The van der Waals surface area contributed by atoms with Gasteiger partial charge in [-0.15, -0.1) is 10.2 Å². The average Bonchev–Trinajstić information content (AvgIpc) is 3.11. The first-order valence-corrected chi connectivity index (χ1v) is 9.94. The van der Waals surface area contributed by atoms with Crippen LogP contribution in [0.3, 0.4) is 0 Å². The van der Waals surface area contributed by atoms with Gasteiger partial charge in [0.25, 0.3) is 0 Å². The molecule has 7 heteroatoms. The SMILES string of the molecule is Clc1ccc(-c2nnc(SCc3cccnc3)n2-c2ccccc2)c(Cl)c1. The van der Waals surface area contributed by atoms with Crippen molar-refractivity contribution < 1.29 is 0 Å². The Labute approximate surface area is 171 Å². The smallest absolute Gasteiger partial charge is 0.196 e. The van der Waals surface area contributed by atoms with Crippen LogP contribution in [0.15, 0.2) is 78.2 Å². The lowest BCUT2D eigenvalue weighted by Crippen LogP contribution is -2.00. The van der Waals surface area contributed by atoms with E-state index in [1.54, 1.807) is 30.1 Å². The molecule has 27 heavy (non-hydrogen) atoms. The Bertz CT molecular complexity index is 1050. The number of rotatable bonds is 5. The van der Waals surface area contributed by atoms with Crippen LogP contribution in [0.5, 0.6) is 0 Å². The van der Waals surface area contributed by atoms with Gasteiger partial charge in [0.15, 0.2) is 11.0 Å². The maximum atomic E-state index is 6.43. The van der Waals surface area contributed by atoms with Crippen molar-refractivity contribution in [2.45, 2.75) is 10.9 Å². The number of benzene rings is 2. The maximum Gasteiger partial charge on any atom is 0.196 e. The van der Waals surface area contributed by atoms with Crippen LogP contribution in [0.4, 0.5) is 0 Å². The van der Waals surface area contributed by atoms with Crippen molar-refractivity contribution in [2.24, 2.45) is 0 Å². The molecular weight excluding hydrogens is 399 g/mol. The molecule has 2 aromatic carbocycles. The summed E-state index contributed by atoms with van der Waals surface area (Å²) in [4.78, 5) is 4.16. The molecule has 4 aromatic rings. The van der Waals surface area contributed by atoms with E-state index in [-0.39, 0.29) is 0 Å². The first-order chi connectivity index (χ1) is 13.2. The van der Waals surface area contributed by atoms with Gasteiger partial charge in [0, 0.05) is 34.4 Å². The fourth-order valence-electron chi connectivity index (χ4n) is 2.65. The number of aromatic nitrogens is 4. The summed E-state index contributed by atoms with van der Waals surface area (Å²) in [6.07, 6.45) is 3.62. The highest BCUT2D eigenvalue weighted by Gasteiger charge is 2.18. The fraction of sp³-hybridized carbons (Fsp3) is 0.0500. The predicted molar refractivity (Wildman–Crippen MR) is 111 cm³/mol. The van der Waals surface area contributed by atoms with E-state index >= 15 is 0 Å². The minimum absolute atomic E-state index is 0.538. The Morgan fingerprint density at radius 1 is 0.926 bits per heavy atom. The van der Waals surface area contributed by atoms with Gasteiger partial charge in [-0.1, -0.05) is 59.2 Å². The van der Waals surface area contributed by atoms with Gasteiger partial charge in [0.2, 0.25) is 0 Å². The molecule has 0 aliphatic rings. The van der Waals surface area contributed by atoms with Crippen molar-refractivity contribution in [3.05, 3.63) is 88.7 Å². The molecule has 4 rings (SSSR count). The lowest BCUT2D eigenvalue weighted by Gasteiger charge is -2.11. The van der Waals surface area contributed by atoms with Crippen LogP contribution in [0.1, 0.15) is 5.56 Å². The second-order valence-corrected chi connectivity index (χ2v) is 7.54. The zero-order valence-corrected chi connectivity index (χ0v) is 16.4. The van der Waals surface area contributed by atoms with Gasteiger partial charge in [0.1, 0.15) is 0 Å². The van der Waals surface area contributed by atoms with Gasteiger partial charge < -0.3 is 0 Å². The summed E-state index contributed by atoms with van der Waals surface area (Å²) in [5.74, 6) is 1.42. The number of hydrogen-bond donors (Lipinski definition) is 0. The van der Waals surface area contributed by atoms with Crippen molar-refractivity contribution in [2.75, 3.05) is 0 Å². The zero-order valence-electron chi connectivity index (χ0n) is 14.1. The maximum absolute atomic E-state index is 6.43. The molecule has 0 aliphatic heterocycles. The molecule has 0 amide bonds. The van der Waals surface area contributed by atoms with Gasteiger partial charge in [-0.2, -0.15) is 0 Å². The molecule has 0 spiro atoms. The third-order valence-corrected chi connectivity index (χ3v) is 5.46.